The lowest BCUT2D eigenvalue weighted by Gasteiger charge is -2.05. The molecule has 2 amide bonds. The van der Waals surface area contributed by atoms with E-state index in [-0.39, 0.29) is 24.7 Å². The van der Waals surface area contributed by atoms with E-state index in [1.807, 2.05) is 24.3 Å². The first-order chi connectivity index (χ1) is 11.5. The standard InChI is InChI=1S/C17H15ClIN3O2/c18-13-2-1-3-15(10-13)21-16(23)8-9-17(24)22-20-11-12-4-6-14(19)7-5-12/h1-7,10-11H,8-9H2,(H,21,23)(H,22,24)/b20-11+. The number of nitrogens with one attached hydrogen (secondary N) is 2. The minimum Gasteiger partial charge on any atom is -0.326 e. The van der Waals surface area contributed by atoms with Gasteiger partial charge in [0.05, 0.1) is 6.21 Å². The van der Waals surface area contributed by atoms with Gasteiger partial charge in [0.2, 0.25) is 11.8 Å². The van der Waals surface area contributed by atoms with Gasteiger partial charge < -0.3 is 5.32 Å². The van der Waals surface area contributed by atoms with Crippen LogP contribution in [0, 0.1) is 3.57 Å². The molecule has 0 bridgehead atoms. The second-order valence-corrected chi connectivity index (χ2v) is 6.59. The number of hydrogen-bond acceptors (Lipinski definition) is 3. The molecular weight excluding hydrogens is 441 g/mol. The zero-order valence-corrected chi connectivity index (χ0v) is 15.5. The van der Waals surface area contributed by atoms with Crippen LogP contribution in [-0.4, -0.2) is 18.0 Å². The summed E-state index contributed by atoms with van der Waals surface area (Å²) in [6.45, 7) is 0. The van der Waals surface area contributed by atoms with Crippen molar-refractivity contribution in [3.8, 4) is 0 Å². The summed E-state index contributed by atoms with van der Waals surface area (Å²) < 4.78 is 1.12. The first-order valence-electron chi connectivity index (χ1n) is 7.16. The zero-order valence-electron chi connectivity index (χ0n) is 12.6. The quantitative estimate of drug-likeness (QED) is 0.395. The van der Waals surface area contributed by atoms with Gasteiger partial charge in [0.1, 0.15) is 0 Å². The van der Waals surface area contributed by atoms with E-state index >= 15 is 0 Å². The van der Waals surface area contributed by atoms with Crippen molar-refractivity contribution in [2.45, 2.75) is 12.8 Å². The summed E-state index contributed by atoms with van der Waals surface area (Å²) in [5.74, 6) is -0.577. The topological polar surface area (TPSA) is 70.6 Å². The van der Waals surface area contributed by atoms with Crippen LogP contribution in [0.5, 0.6) is 0 Å². The van der Waals surface area contributed by atoms with Gasteiger partial charge in [-0.2, -0.15) is 5.10 Å². The molecule has 2 rings (SSSR count). The van der Waals surface area contributed by atoms with Crippen LogP contribution in [-0.2, 0) is 9.59 Å². The van der Waals surface area contributed by atoms with E-state index < -0.39 is 0 Å². The highest BCUT2D eigenvalue weighted by atomic mass is 127. The Morgan fingerprint density at radius 2 is 1.79 bits per heavy atom. The number of hydrogen-bond donors (Lipinski definition) is 2. The SMILES string of the molecule is O=C(CCC(=O)Nc1cccc(Cl)c1)N/N=C/c1ccc(I)cc1. The van der Waals surface area contributed by atoms with E-state index in [1.54, 1.807) is 30.5 Å². The minimum absolute atomic E-state index is 0.0520. The van der Waals surface area contributed by atoms with Crippen molar-refractivity contribution in [2.75, 3.05) is 5.32 Å². The highest BCUT2D eigenvalue weighted by molar-refractivity contribution is 14.1. The van der Waals surface area contributed by atoms with Crippen LogP contribution in [0.2, 0.25) is 5.02 Å². The van der Waals surface area contributed by atoms with Crippen LogP contribution in [0.25, 0.3) is 0 Å². The number of rotatable bonds is 6. The van der Waals surface area contributed by atoms with E-state index in [2.05, 4.69) is 38.4 Å². The normalized spacial score (nSPS) is 10.6. The summed E-state index contributed by atoms with van der Waals surface area (Å²) in [6, 6.07) is 14.5. The maximum absolute atomic E-state index is 11.8. The lowest BCUT2D eigenvalue weighted by Crippen LogP contribution is -2.20. The Balaban J connectivity index is 1.72. The van der Waals surface area contributed by atoms with Crippen molar-refractivity contribution >= 4 is 57.9 Å². The van der Waals surface area contributed by atoms with Gasteiger partial charge in [-0.25, -0.2) is 5.43 Å². The molecule has 2 N–H and O–H groups in total. The summed E-state index contributed by atoms with van der Waals surface area (Å²) in [5, 5.41) is 7.09. The van der Waals surface area contributed by atoms with E-state index in [4.69, 9.17) is 11.6 Å². The highest BCUT2D eigenvalue weighted by Crippen LogP contribution is 2.15. The number of carbonyl (C=O) groups is 2. The number of benzene rings is 2. The largest absolute Gasteiger partial charge is 0.326 e. The van der Waals surface area contributed by atoms with Crippen molar-refractivity contribution in [2.24, 2.45) is 5.10 Å². The Morgan fingerprint density at radius 3 is 2.50 bits per heavy atom. The predicted octanol–water partition coefficient (Wildman–Crippen LogP) is 3.81. The first-order valence-corrected chi connectivity index (χ1v) is 8.61. The van der Waals surface area contributed by atoms with Crippen LogP contribution in [0.4, 0.5) is 5.69 Å². The van der Waals surface area contributed by atoms with Crippen molar-refractivity contribution in [3.05, 3.63) is 62.7 Å². The van der Waals surface area contributed by atoms with E-state index in [0.29, 0.717) is 10.7 Å². The smallest absolute Gasteiger partial charge is 0.240 e. The van der Waals surface area contributed by atoms with Gasteiger partial charge in [-0.1, -0.05) is 29.8 Å². The molecular formula is C17H15ClIN3O2. The molecule has 0 aliphatic rings. The fraction of sp³-hybridized carbons (Fsp3) is 0.118. The van der Waals surface area contributed by atoms with Crippen molar-refractivity contribution in [3.63, 3.8) is 0 Å². The molecule has 0 heterocycles. The lowest BCUT2D eigenvalue weighted by molar-refractivity contribution is -0.124. The molecule has 124 valence electrons. The molecule has 0 saturated heterocycles. The maximum atomic E-state index is 11.8. The third-order valence-electron chi connectivity index (χ3n) is 2.96. The zero-order chi connectivity index (χ0) is 17.4. The van der Waals surface area contributed by atoms with Gasteiger partial charge in [-0.05, 0) is 58.5 Å². The van der Waals surface area contributed by atoms with Crippen LogP contribution >= 0.6 is 34.2 Å². The van der Waals surface area contributed by atoms with Gasteiger partial charge in [0.15, 0.2) is 0 Å². The molecule has 0 atom stereocenters. The molecule has 0 radical (unpaired) electrons. The Hall–Kier alpha value is -1.93. The number of anilines is 1. The number of nitrogens with zero attached hydrogens (tertiary/aromatic N) is 1. The number of halogens is 2. The van der Waals surface area contributed by atoms with Gasteiger partial charge >= 0.3 is 0 Å². The summed E-state index contributed by atoms with van der Waals surface area (Å²) >= 11 is 8.05. The molecule has 2 aromatic carbocycles. The van der Waals surface area contributed by atoms with Crippen LogP contribution in [0.3, 0.4) is 0 Å². The Bertz CT molecular complexity index is 748. The summed E-state index contributed by atoms with van der Waals surface area (Å²) in [4.78, 5) is 23.5. The molecule has 7 heteroatoms. The molecule has 0 aliphatic carbocycles. The maximum Gasteiger partial charge on any atom is 0.240 e. The number of amides is 2. The average molecular weight is 456 g/mol. The van der Waals surface area contributed by atoms with E-state index in [1.165, 1.54) is 0 Å². The predicted molar refractivity (Wildman–Crippen MR) is 104 cm³/mol. The molecule has 2 aromatic rings. The molecule has 0 unspecified atom stereocenters. The van der Waals surface area contributed by atoms with E-state index in [0.717, 1.165) is 9.13 Å². The van der Waals surface area contributed by atoms with Crippen LogP contribution < -0.4 is 10.7 Å². The highest BCUT2D eigenvalue weighted by Gasteiger charge is 2.06. The first kappa shape index (κ1) is 18.4. The van der Waals surface area contributed by atoms with Gasteiger partial charge in [0.25, 0.3) is 0 Å². The second kappa shape index (κ2) is 9.39. The van der Waals surface area contributed by atoms with Gasteiger partial charge in [-0.3, -0.25) is 9.59 Å². The Kier molecular flexibility index (Phi) is 7.20. The lowest BCUT2D eigenvalue weighted by atomic mass is 10.2. The van der Waals surface area contributed by atoms with Crippen molar-refractivity contribution in [1.82, 2.24) is 5.43 Å². The molecule has 0 aliphatic heterocycles. The van der Waals surface area contributed by atoms with Gasteiger partial charge in [0, 0.05) is 27.1 Å². The summed E-state index contributed by atoms with van der Waals surface area (Å²) in [7, 11) is 0. The van der Waals surface area contributed by atoms with Crippen LogP contribution in [0.15, 0.2) is 53.6 Å². The monoisotopic (exact) mass is 455 g/mol. The van der Waals surface area contributed by atoms with Crippen molar-refractivity contribution in [1.29, 1.82) is 0 Å². The fourth-order valence-corrected chi connectivity index (χ4v) is 2.35. The van der Waals surface area contributed by atoms with Gasteiger partial charge in [-0.15, -0.1) is 0 Å². The summed E-state index contributed by atoms with van der Waals surface area (Å²) in [5.41, 5.74) is 3.89. The molecule has 0 aromatic heterocycles. The molecule has 5 nitrogen and oxygen atoms in total. The second-order valence-electron chi connectivity index (χ2n) is 4.90. The van der Waals surface area contributed by atoms with Crippen molar-refractivity contribution < 1.29 is 9.59 Å². The third-order valence-corrected chi connectivity index (χ3v) is 3.91. The minimum atomic E-state index is -0.321. The summed E-state index contributed by atoms with van der Waals surface area (Å²) in [6.07, 6.45) is 1.67. The average Bonchev–Trinajstić information content (AvgIpc) is 2.55. The van der Waals surface area contributed by atoms with E-state index in [9.17, 15) is 9.59 Å². The number of carbonyl (C=O) groups excluding carboxylic acids is 2. The molecule has 0 saturated carbocycles. The number of hydrazone groups is 1. The Morgan fingerprint density at radius 1 is 1.08 bits per heavy atom. The fourth-order valence-electron chi connectivity index (χ4n) is 1.80. The molecule has 0 spiro atoms. The van der Waals surface area contributed by atoms with Crippen LogP contribution in [0.1, 0.15) is 18.4 Å². The molecule has 0 fully saturated rings. The Labute approximate surface area is 158 Å². The third kappa shape index (κ3) is 6.67. The molecule has 24 heavy (non-hydrogen) atoms.